The Labute approximate surface area is 161 Å². The van der Waals surface area contributed by atoms with Crippen LogP contribution in [0, 0.1) is 5.92 Å². The Kier molecular flexibility index (Phi) is 7.11. The maximum atomic E-state index is 12.1. The number of likely N-dealkylation sites (tertiary alicyclic amines) is 1. The molecule has 5 nitrogen and oxygen atoms in total. The highest BCUT2D eigenvalue weighted by Crippen LogP contribution is 2.25. The van der Waals surface area contributed by atoms with Crippen LogP contribution in [0.1, 0.15) is 18.4 Å². The van der Waals surface area contributed by atoms with E-state index in [1.165, 1.54) is 12.0 Å². The first-order valence-corrected chi connectivity index (χ1v) is 9.53. The topological polar surface area (TPSA) is 50.8 Å². The first-order valence-electron chi connectivity index (χ1n) is 9.53. The number of carbonyl (C=O) groups is 1. The first-order chi connectivity index (χ1) is 13.2. The van der Waals surface area contributed by atoms with Gasteiger partial charge in [-0.3, -0.25) is 9.69 Å². The van der Waals surface area contributed by atoms with Gasteiger partial charge < -0.3 is 14.8 Å². The fourth-order valence-corrected chi connectivity index (χ4v) is 3.49. The molecule has 1 atom stereocenters. The standard InChI is InChI=1S/C22H28N2O3/c1-26-20-11-5-6-12-21(20)27-17-22(25)23-14-19-10-7-13-24(16-19)15-18-8-3-2-4-9-18/h2-6,8-9,11-12,19H,7,10,13-17H2,1H3,(H,23,25). The van der Waals surface area contributed by atoms with Crippen LogP contribution in [0.2, 0.25) is 0 Å². The zero-order chi connectivity index (χ0) is 18.9. The summed E-state index contributed by atoms with van der Waals surface area (Å²) in [5.41, 5.74) is 1.34. The molecule has 144 valence electrons. The van der Waals surface area contributed by atoms with Gasteiger partial charge in [0.25, 0.3) is 5.91 Å². The monoisotopic (exact) mass is 368 g/mol. The van der Waals surface area contributed by atoms with Gasteiger partial charge in [-0.05, 0) is 43.0 Å². The summed E-state index contributed by atoms with van der Waals surface area (Å²) >= 11 is 0. The van der Waals surface area contributed by atoms with Gasteiger partial charge in [0.2, 0.25) is 0 Å². The van der Waals surface area contributed by atoms with Crippen LogP contribution in [0.5, 0.6) is 11.5 Å². The third-order valence-electron chi connectivity index (χ3n) is 4.87. The van der Waals surface area contributed by atoms with Gasteiger partial charge in [-0.1, -0.05) is 42.5 Å². The van der Waals surface area contributed by atoms with Gasteiger partial charge in [0, 0.05) is 19.6 Å². The number of nitrogens with zero attached hydrogens (tertiary/aromatic N) is 1. The van der Waals surface area contributed by atoms with E-state index in [1.54, 1.807) is 13.2 Å². The number of hydrogen-bond donors (Lipinski definition) is 1. The number of nitrogens with one attached hydrogen (secondary N) is 1. The second kappa shape index (κ2) is 9.97. The maximum absolute atomic E-state index is 12.1. The molecule has 3 rings (SSSR count). The SMILES string of the molecule is COc1ccccc1OCC(=O)NCC1CCCN(Cc2ccccc2)C1. The Morgan fingerprint density at radius 3 is 2.63 bits per heavy atom. The van der Waals surface area contributed by atoms with Gasteiger partial charge in [0.15, 0.2) is 18.1 Å². The van der Waals surface area contributed by atoms with Gasteiger partial charge in [-0.15, -0.1) is 0 Å². The van der Waals surface area contributed by atoms with E-state index in [2.05, 4.69) is 34.5 Å². The highest BCUT2D eigenvalue weighted by atomic mass is 16.5. The molecule has 1 aliphatic rings. The molecule has 0 bridgehead atoms. The number of carbonyl (C=O) groups excluding carboxylic acids is 1. The molecule has 0 aromatic heterocycles. The summed E-state index contributed by atoms with van der Waals surface area (Å²) in [6.45, 7) is 3.81. The van der Waals surface area contributed by atoms with Gasteiger partial charge in [0.1, 0.15) is 0 Å². The third-order valence-corrected chi connectivity index (χ3v) is 4.87. The molecule has 1 heterocycles. The summed E-state index contributed by atoms with van der Waals surface area (Å²) in [6, 6.07) is 17.9. The van der Waals surface area contributed by atoms with E-state index < -0.39 is 0 Å². The second-order valence-corrected chi connectivity index (χ2v) is 6.97. The Morgan fingerprint density at radius 2 is 1.85 bits per heavy atom. The maximum Gasteiger partial charge on any atom is 0.257 e. The molecule has 0 aliphatic carbocycles. The average Bonchev–Trinajstić information content (AvgIpc) is 2.72. The van der Waals surface area contributed by atoms with Crippen molar-refractivity contribution in [2.24, 2.45) is 5.92 Å². The smallest absolute Gasteiger partial charge is 0.257 e. The molecule has 0 radical (unpaired) electrons. The predicted octanol–water partition coefficient (Wildman–Crippen LogP) is 3.10. The van der Waals surface area contributed by atoms with Crippen molar-refractivity contribution in [1.82, 2.24) is 10.2 Å². The van der Waals surface area contributed by atoms with Crippen molar-refractivity contribution in [1.29, 1.82) is 0 Å². The summed E-state index contributed by atoms with van der Waals surface area (Å²) in [7, 11) is 1.59. The molecular formula is C22H28N2O3. The Hall–Kier alpha value is -2.53. The van der Waals surface area contributed by atoms with Crippen LogP contribution in [0.4, 0.5) is 0 Å². The molecule has 0 saturated carbocycles. The van der Waals surface area contributed by atoms with Crippen molar-refractivity contribution in [3.63, 3.8) is 0 Å². The highest BCUT2D eigenvalue weighted by Gasteiger charge is 2.20. The molecule has 2 aromatic carbocycles. The van der Waals surface area contributed by atoms with E-state index in [0.717, 1.165) is 26.1 Å². The lowest BCUT2D eigenvalue weighted by molar-refractivity contribution is -0.123. The van der Waals surface area contributed by atoms with Crippen LogP contribution in [-0.2, 0) is 11.3 Å². The number of amides is 1. The van der Waals surface area contributed by atoms with Crippen LogP contribution >= 0.6 is 0 Å². The van der Waals surface area contributed by atoms with E-state index in [-0.39, 0.29) is 12.5 Å². The van der Waals surface area contributed by atoms with Crippen LogP contribution in [0.15, 0.2) is 54.6 Å². The fourth-order valence-electron chi connectivity index (χ4n) is 3.49. The molecule has 27 heavy (non-hydrogen) atoms. The van der Waals surface area contributed by atoms with Gasteiger partial charge in [-0.25, -0.2) is 0 Å². The minimum Gasteiger partial charge on any atom is -0.493 e. The summed E-state index contributed by atoms with van der Waals surface area (Å²) in [6.07, 6.45) is 2.32. The Bertz CT molecular complexity index is 721. The van der Waals surface area contributed by atoms with Crippen LogP contribution < -0.4 is 14.8 Å². The van der Waals surface area contributed by atoms with Crippen molar-refractivity contribution in [3.05, 3.63) is 60.2 Å². The van der Waals surface area contributed by atoms with Gasteiger partial charge >= 0.3 is 0 Å². The fraction of sp³-hybridized carbons (Fsp3) is 0.409. The number of hydrogen-bond acceptors (Lipinski definition) is 4. The largest absolute Gasteiger partial charge is 0.493 e. The molecule has 1 aliphatic heterocycles. The van der Waals surface area contributed by atoms with Crippen LogP contribution in [0.3, 0.4) is 0 Å². The lowest BCUT2D eigenvalue weighted by atomic mass is 9.97. The predicted molar refractivity (Wildman–Crippen MR) is 106 cm³/mol. The number of rotatable bonds is 8. The third kappa shape index (κ3) is 6.00. The van der Waals surface area contributed by atoms with Crippen LogP contribution in [0.25, 0.3) is 0 Å². The number of benzene rings is 2. The summed E-state index contributed by atoms with van der Waals surface area (Å²) in [4.78, 5) is 14.6. The summed E-state index contributed by atoms with van der Waals surface area (Å²) < 4.78 is 10.8. The lowest BCUT2D eigenvalue weighted by Crippen LogP contribution is -2.41. The summed E-state index contributed by atoms with van der Waals surface area (Å²) in [5, 5.41) is 3.01. The van der Waals surface area contributed by atoms with E-state index in [1.807, 2.05) is 24.3 Å². The van der Waals surface area contributed by atoms with Crippen molar-refractivity contribution in [3.8, 4) is 11.5 Å². The van der Waals surface area contributed by atoms with Crippen molar-refractivity contribution in [2.45, 2.75) is 19.4 Å². The zero-order valence-electron chi connectivity index (χ0n) is 15.9. The second-order valence-electron chi connectivity index (χ2n) is 6.97. The highest BCUT2D eigenvalue weighted by molar-refractivity contribution is 5.77. The van der Waals surface area contributed by atoms with Gasteiger partial charge in [-0.2, -0.15) is 0 Å². The first kappa shape index (κ1) is 19.2. The van der Waals surface area contributed by atoms with Crippen LogP contribution in [-0.4, -0.2) is 44.2 Å². The Morgan fingerprint density at radius 1 is 1.11 bits per heavy atom. The molecule has 2 aromatic rings. The Balaban J connectivity index is 1.40. The molecule has 0 spiro atoms. The van der Waals surface area contributed by atoms with Crippen molar-refractivity contribution < 1.29 is 14.3 Å². The number of methoxy groups -OCH3 is 1. The normalized spacial score (nSPS) is 17.3. The van der Waals surface area contributed by atoms with E-state index in [9.17, 15) is 4.79 Å². The van der Waals surface area contributed by atoms with E-state index in [0.29, 0.717) is 24.0 Å². The quantitative estimate of drug-likeness (QED) is 0.778. The molecule has 1 unspecified atom stereocenters. The molecular weight excluding hydrogens is 340 g/mol. The minimum absolute atomic E-state index is 0.000816. The number of ether oxygens (including phenoxy) is 2. The number of para-hydroxylation sites is 2. The molecule has 1 fully saturated rings. The zero-order valence-corrected chi connectivity index (χ0v) is 15.9. The molecule has 1 amide bonds. The minimum atomic E-state index is -0.0962. The molecule has 5 heteroatoms. The van der Waals surface area contributed by atoms with E-state index >= 15 is 0 Å². The lowest BCUT2D eigenvalue weighted by Gasteiger charge is -2.32. The van der Waals surface area contributed by atoms with Crippen molar-refractivity contribution >= 4 is 5.91 Å². The number of piperidine rings is 1. The molecule has 1 N–H and O–H groups in total. The summed E-state index contributed by atoms with van der Waals surface area (Å²) in [5.74, 6) is 1.61. The van der Waals surface area contributed by atoms with Crippen molar-refractivity contribution in [2.75, 3.05) is 33.4 Å². The average molecular weight is 368 g/mol. The van der Waals surface area contributed by atoms with E-state index in [4.69, 9.17) is 9.47 Å². The van der Waals surface area contributed by atoms with Gasteiger partial charge in [0.05, 0.1) is 7.11 Å². The molecule has 1 saturated heterocycles.